The molecule has 106 valence electrons. The average Bonchev–Trinajstić information content (AvgIpc) is 2.63. The molecule has 0 amide bonds. The van der Waals surface area contributed by atoms with E-state index in [2.05, 4.69) is 21.8 Å². The van der Waals surface area contributed by atoms with Crippen LogP contribution in [-0.4, -0.2) is 34.3 Å². The first-order chi connectivity index (χ1) is 9.24. The van der Waals surface area contributed by atoms with Gasteiger partial charge in [0.15, 0.2) is 0 Å². The molecule has 0 spiro atoms. The van der Waals surface area contributed by atoms with Crippen LogP contribution in [0, 0.1) is 0 Å². The predicted molar refractivity (Wildman–Crippen MR) is 77.1 cm³/mol. The van der Waals surface area contributed by atoms with Gasteiger partial charge in [-0.3, -0.25) is 0 Å². The number of hydrogen-bond acceptors (Lipinski definition) is 5. The number of rotatable bonds is 4. The molecule has 1 unspecified atom stereocenters. The Kier molecular flexibility index (Phi) is 4.96. The molecule has 0 aliphatic carbocycles. The van der Waals surface area contributed by atoms with Crippen molar-refractivity contribution in [2.24, 2.45) is 0 Å². The number of aliphatic hydroxyl groups is 1. The quantitative estimate of drug-likeness (QED) is 0.866. The van der Waals surface area contributed by atoms with E-state index in [0.29, 0.717) is 5.82 Å². The Morgan fingerprint density at radius 3 is 2.95 bits per heavy atom. The van der Waals surface area contributed by atoms with E-state index in [-0.39, 0.29) is 12.6 Å². The summed E-state index contributed by atoms with van der Waals surface area (Å²) in [7, 11) is 0. The zero-order valence-corrected chi connectivity index (χ0v) is 11.7. The summed E-state index contributed by atoms with van der Waals surface area (Å²) >= 11 is 0. The fourth-order valence-electron chi connectivity index (χ4n) is 2.65. The predicted octanol–water partition coefficient (Wildman–Crippen LogP) is 1.75. The van der Waals surface area contributed by atoms with E-state index in [1.54, 1.807) is 0 Å². The Morgan fingerprint density at radius 2 is 2.21 bits per heavy atom. The molecule has 0 saturated carbocycles. The van der Waals surface area contributed by atoms with Crippen molar-refractivity contribution in [3.05, 3.63) is 11.9 Å². The monoisotopic (exact) mass is 264 g/mol. The minimum Gasteiger partial charge on any atom is -0.394 e. The third kappa shape index (κ3) is 3.56. The second-order valence-corrected chi connectivity index (χ2v) is 5.20. The van der Waals surface area contributed by atoms with Crippen LogP contribution < -0.4 is 10.6 Å². The number of nitrogen functional groups attached to an aromatic ring is 1. The number of aliphatic hydroxyl groups excluding tert-OH is 1. The van der Waals surface area contributed by atoms with E-state index in [1.807, 2.05) is 6.07 Å². The minimum atomic E-state index is 0.159. The molecule has 3 N–H and O–H groups in total. The molecular weight excluding hydrogens is 240 g/mol. The number of hydrogen-bond donors (Lipinski definition) is 2. The smallest absolute Gasteiger partial charge is 0.134 e. The lowest BCUT2D eigenvalue weighted by Crippen LogP contribution is -2.38. The van der Waals surface area contributed by atoms with E-state index in [4.69, 9.17) is 5.73 Å². The zero-order chi connectivity index (χ0) is 13.7. The molecule has 0 radical (unpaired) electrons. The van der Waals surface area contributed by atoms with Crippen LogP contribution in [0.5, 0.6) is 0 Å². The first-order valence-corrected chi connectivity index (χ1v) is 7.25. The van der Waals surface area contributed by atoms with Gasteiger partial charge in [0.25, 0.3) is 0 Å². The molecule has 19 heavy (non-hydrogen) atoms. The Hall–Kier alpha value is -1.36. The van der Waals surface area contributed by atoms with Crippen molar-refractivity contribution in [2.75, 3.05) is 23.8 Å². The van der Waals surface area contributed by atoms with E-state index in [9.17, 15) is 5.11 Å². The van der Waals surface area contributed by atoms with E-state index in [1.165, 1.54) is 12.8 Å². The third-order valence-corrected chi connectivity index (χ3v) is 3.63. The highest BCUT2D eigenvalue weighted by molar-refractivity contribution is 5.48. The summed E-state index contributed by atoms with van der Waals surface area (Å²) in [6.45, 7) is 3.22. The van der Waals surface area contributed by atoms with Crippen LogP contribution in [0.2, 0.25) is 0 Å². The van der Waals surface area contributed by atoms with Gasteiger partial charge in [0.2, 0.25) is 0 Å². The molecule has 1 aliphatic rings. The standard InChI is InChI=1S/C14H24N4O/c1-2-6-13-16-12(15)9-14(17-13)18-8-5-3-4-7-11(18)10-19/h9,11,19H,2-8,10H2,1H3,(H2,15,16,17). The highest BCUT2D eigenvalue weighted by Crippen LogP contribution is 2.23. The summed E-state index contributed by atoms with van der Waals surface area (Å²) in [5.74, 6) is 2.20. The molecule has 1 aromatic heterocycles. The van der Waals surface area contributed by atoms with Crippen molar-refractivity contribution in [1.82, 2.24) is 9.97 Å². The molecule has 1 fully saturated rings. The van der Waals surface area contributed by atoms with Crippen molar-refractivity contribution < 1.29 is 5.11 Å². The van der Waals surface area contributed by atoms with Crippen molar-refractivity contribution in [3.63, 3.8) is 0 Å². The zero-order valence-electron chi connectivity index (χ0n) is 11.7. The van der Waals surface area contributed by atoms with Crippen LogP contribution >= 0.6 is 0 Å². The first-order valence-electron chi connectivity index (χ1n) is 7.25. The number of nitrogens with zero attached hydrogens (tertiary/aromatic N) is 3. The van der Waals surface area contributed by atoms with Crippen LogP contribution in [0.4, 0.5) is 11.6 Å². The Bertz CT molecular complexity index is 410. The molecule has 2 rings (SSSR count). The van der Waals surface area contributed by atoms with Crippen LogP contribution in [0.1, 0.15) is 44.9 Å². The van der Waals surface area contributed by atoms with Crippen molar-refractivity contribution in [2.45, 2.75) is 51.5 Å². The van der Waals surface area contributed by atoms with Crippen LogP contribution in [0.15, 0.2) is 6.07 Å². The maximum Gasteiger partial charge on any atom is 0.134 e. The lowest BCUT2D eigenvalue weighted by atomic mass is 10.1. The van der Waals surface area contributed by atoms with Crippen LogP contribution in [0.25, 0.3) is 0 Å². The normalized spacial score (nSPS) is 20.3. The number of anilines is 2. The van der Waals surface area contributed by atoms with Gasteiger partial charge < -0.3 is 15.7 Å². The maximum atomic E-state index is 9.57. The van der Waals surface area contributed by atoms with Gasteiger partial charge in [-0.15, -0.1) is 0 Å². The van der Waals surface area contributed by atoms with Gasteiger partial charge in [-0.1, -0.05) is 19.8 Å². The molecule has 1 aliphatic heterocycles. The van der Waals surface area contributed by atoms with Crippen molar-refractivity contribution in [3.8, 4) is 0 Å². The summed E-state index contributed by atoms with van der Waals surface area (Å²) in [5.41, 5.74) is 5.88. The lowest BCUT2D eigenvalue weighted by molar-refractivity contribution is 0.254. The maximum absolute atomic E-state index is 9.57. The number of aromatic nitrogens is 2. The minimum absolute atomic E-state index is 0.159. The molecule has 0 bridgehead atoms. The molecule has 5 nitrogen and oxygen atoms in total. The molecule has 1 aromatic rings. The van der Waals surface area contributed by atoms with Crippen LogP contribution in [0.3, 0.4) is 0 Å². The Morgan fingerprint density at radius 1 is 1.37 bits per heavy atom. The number of nitrogens with two attached hydrogens (primary N) is 1. The Labute approximate surface area is 114 Å². The molecule has 2 heterocycles. The highest BCUT2D eigenvalue weighted by atomic mass is 16.3. The second kappa shape index (κ2) is 6.70. The third-order valence-electron chi connectivity index (χ3n) is 3.63. The Balaban J connectivity index is 2.26. The van der Waals surface area contributed by atoms with Crippen LogP contribution in [-0.2, 0) is 6.42 Å². The molecule has 1 atom stereocenters. The lowest BCUT2D eigenvalue weighted by Gasteiger charge is -2.30. The van der Waals surface area contributed by atoms with Gasteiger partial charge >= 0.3 is 0 Å². The fraction of sp³-hybridized carbons (Fsp3) is 0.714. The highest BCUT2D eigenvalue weighted by Gasteiger charge is 2.22. The fourth-order valence-corrected chi connectivity index (χ4v) is 2.65. The second-order valence-electron chi connectivity index (χ2n) is 5.20. The van der Waals surface area contributed by atoms with Crippen molar-refractivity contribution >= 4 is 11.6 Å². The van der Waals surface area contributed by atoms with Gasteiger partial charge in [0.1, 0.15) is 17.5 Å². The SMILES string of the molecule is CCCc1nc(N)cc(N2CCCCCC2CO)n1. The number of aryl methyl sites for hydroxylation is 1. The summed E-state index contributed by atoms with van der Waals surface area (Å²) in [6.07, 6.45) is 6.40. The van der Waals surface area contributed by atoms with Gasteiger partial charge in [-0.2, -0.15) is 0 Å². The van der Waals surface area contributed by atoms with E-state index >= 15 is 0 Å². The van der Waals surface area contributed by atoms with Gasteiger partial charge in [0, 0.05) is 19.0 Å². The van der Waals surface area contributed by atoms with E-state index < -0.39 is 0 Å². The summed E-state index contributed by atoms with van der Waals surface area (Å²) in [6, 6.07) is 1.99. The van der Waals surface area contributed by atoms with E-state index in [0.717, 1.165) is 43.9 Å². The van der Waals surface area contributed by atoms with Crippen molar-refractivity contribution in [1.29, 1.82) is 0 Å². The summed E-state index contributed by atoms with van der Waals surface area (Å²) < 4.78 is 0. The molecule has 5 heteroatoms. The average molecular weight is 264 g/mol. The first kappa shape index (κ1) is 14.1. The largest absolute Gasteiger partial charge is 0.394 e. The van der Waals surface area contributed by atoms with Gasteiger partial charge in [-0.05, 0) is 19.3 Å². The topological polar surface area (TPSA) is 75.3 Å². The summed E-state index contributed by atoms with van der Waals surface area (Å²) in [4.78, 5) is 11.1. The molecule has 1 saturated heterocycles. The van der Waals surface area contributed by atoms with Gasteiger partial charge in [-0.25, -0.2) is 9.97 Å². The summed E-state index contributed by atoms with van der Waals surface area (Å²) in [5, 5.41) is 9.57. The molecular formula is C14H24N4O. The molecule has 0 aromatic carbocycles. The van der Waals surface area contributed by atoms with Gasteiger partial charge in [0.05, 0.1) is 12.6 Å².